The van der Waals surface area contributed by atoms with Crippen LogP contribution >= 0.6 is 11.8 Å². The normalized spacial score (nSPS) is 18.0. The smallest absolute Gasteiger partial charge is 0.406 e. The highest BCUT2D eigenvalue weighted by Gasteiger charge is 2.31. The molecule has 1 fully saturated rings. The van der Waals surface area contributed by atoms with E-state index in [2.05, 4.69) is 61.6 Å². The molecule has 0 spiro atoms. The minimum Gasteiger partial charge on any atom is -0.406 e. The summed E-state index contributed by atoms with van der Waals surface area (Å²) in [7, 11) is 0. The lowest BCUT2D eigenvalue weighted by Crippen LogP contribution is -2.33. The third-order valence-electron chi connectivity index (χ3n) is 6.95. The number of hydrogen-bond donors (Lipinski definition) is 2. The number of nitriles is 1. The van der Waals surface area contributed by atoms with E-state index in [9.17, 15) is 23.2 Å². The van der Waals surface area contributed by atoms with E-state index in [0.29, 0.717) is 16.4 Å². The van der Waals surface area contributed by atoms with Gasteiger partial charge in [0.05, 0.1) is 11.8 Å². The number of benzene rings is 3. The summed E-state index contributed by atoms with van der Waals surface area (Å²) in [4.78, 5) is 23.8. The number of amidine groups is 1. The van der Waals surface area contributed by atoms with Crippen molar-refractivity contribution in [3.8, 4) is 11.8 Å². The van der Waals surface area contributed by atoms with Crippen molar-refractivity contribution in [2.24, 2.45) is 9.98 Å². The molecule has 13 heteroatoms. The number of urea groups is 1. The van der Waals surface area contributed by atoms with E-state index < -0.39 is 24.6 Å². The fraction of sp³-hybridized carbons (Fsp3) is 0.290. The molecule has 2 aliphatic rings. The van der Waals surface area contributed by atoms with Crippen LogP contribution in [0.3, 0.4) is 0 Å². The zero-order valence-electron chi connectivity index (χ0n) is 24.0. The number of aliphatic imine (C=N–C) groups is 2. The number of carbonyl (C=O) groups is 1. The average molecular weight is 622 g/mol. The molecule has 0 bridgehead atoms. The summed E-state index contributed by atoms with van der Waals surface area (Å²) in [5.74, 6) is 0.489. The third-order valence-corrected chi connectivity index (χ3v) is 7.91. The number of hydrazine groups is 1. The average Bonchev–Trinajstić information content (AvgIpc) is 3.67. The molecule has 2 aliphatic heterocycles. The first kappa shape index (κ1) is 30.9. The Morgan fingerprint density at radius 2 is 1.95 bits per heavy atom. The molecule has 1 saturated heterocycles. The SMILES string of the molecule is CCCc1ccc(C)cc1N1CCS/C1=N\C(=O)NC(C#N)c1ccc(C2N=CN(c3ccc(OC(F)(F)F)cc3)N2)cc1. The molecule has 0 saturated carbocycles. The maximum Gasteiger partial charge on any atom is 0.573 e. The van der Waals surface area contributed by atoms with Gasteiger partial charge in [0.2, 0.25) is 0 Å². The second-order valence-corrected chi connectivity index (χ2v) is 11.2. The number of halogens is 3. The van der Waals surface area contributed by atoms with Gasteiger partial charge in [-0.2, -0.15) is 15.7 Å². The number of alkyl halides is 3. The van der Waals surface area contributed by atoms with Crippen LogP contribution in [0.4, 0.5) is 29.3 Å². The van der Waals surface area contributed by atoms with Crippen molar-refractivity contribution in [1.29, 1.82) is 5.26 Å². The lowest BCUT2D eigenvalue weighted by molar-refractivity contribution is -0.274. The molecule has 3 aromatic carbocycles. The van der Waals surface area contributed by atoms with Crippen molar-refractivity contribution in [3.63, 3.8) is 0 Å². The Balaban J connectivity index is 1.21. The van der Waals surface area contributed by atoms with Crippen LogP contribution < -0.4 is 25.4 Å². The van der Waals surface area contributed by atoms with E-state index in [4.69, 9.17) is 0 Å². The predicted molar refractivity (Wildman–Crippen MR) is 166 cm³/mol. The van der Waals surface area contributed by atoms with Gasteiger partial charge < -0.3 is 15.0 Å². The molecule has 228 valence electrons. The Morgan fingerprint density at radius 3 is 2.64 bits per heavy atom. The van der Waals surface area contributed by atoms with Crippen LogP contribution in [0.5, 0.6) is 5.75 Å². The van der Waals surface area contributed by atoms with E-state index in [1.165, 1.54) is 47.9 Å². The van der Waals surface area contributed by atoms with E-state index in [1.807, 2.05) is 6.92 Å². The Morgan fingerprint density at radius 1 is 1.20 bits per heavy atom. The molecular weight excluding hydrogens is 591 g/mol. The van der Waals surface area contributed by atoms with Crippen LogP contribution in [-0.2, 0) is 6.42 Å². The van der Waals surface area contributed by atoms with Gasteiger partial charge in [-0.3, -0.25) is 5.01 Å². The third kappa shape index (κ3) is 7.50. The van der Waals surface area contributed by atoms with E-state index in [-0.39, 0.29) is 5.75 Å². The minimum absolute atomic E-state index is 0.318. The molecule has 2 amide bonds. The summed E-state index contributed by atoms with van der Waals surface area (Å²) in [6, 6.07) is 19.4. The Bertz CT molecular complexity index is 1590. The Labute approximate surface area is 257 Å². The second-order valence-electron chi connectivity index (χ2n) is 10.2. The van der Waals surface area contributed by atoms with Crippen molar-refractivity contribution in [2.75, 3.05) is 22.2 Å². The van der Waals surface area contributed by atoms with Gasteiger partial charge >= 0.3 is 12.4 Å². The topological polar surface area (TPSA) is 105 Å². The molecule has 5 rings (SSSR count). The number of rotatable bonds is 8. The maximum absolute atomic E-state index is 12.9. The predicted octanol–water partition coefficient (Wildman–Crippen LogP) is 6.78. The summed E-state index contributed by atoms with van der Waals surface area (Å²) >= 11 is 1.51. The van der Waals surface area contributed by atoms with Crippen molar-refractivity contribution in [2.45, 2.75) is 45.3 Å². The Hall–Kier alpha value is -4.54. The van der Waals surface area contributed by atoms with Crippen molar-refractivity contribution >= 4 is 40.7 Å². The molecule has 2 N–H and O–H groups in total. The highest BCUT2D eigenvalue weighted by Crippen LogP contribution is 2.31. The number of hydrogen-bond acceptors (Lipinski definition) is 7. The summed E-state index contributed by atoms with van der Waals surface area (Å²) in [6.45, 7) is 4.92. The molecule has 44 heavy (non-hydrogen) atoms. The number of thioether (sulfide) groups is 1. The second kappa shape index (κ2) is 13.4. The summed E-state index contributed by atoms with van der Waals surface area (Å²) < 4.78 is 41.2. The molecule has 0 aliphatic carbocycles. The van der Waals surface area contributed by atoms with Crippen molar-refractivity contribution in [3.05, 3.63) is 89.0 Å². The number of ether oxygens (including phenoxy) is 1. The number of carbonyl (C=O) groups excluding carboxylic acids is 1. The lowest BCUT2D eigenvalue weighted by Gasteiger charge is -2.22. The van der Waals surface area contributed by atoms with E-state index in [1.54, 1.807) is 29.3 Å². The zero-order chi connectivity index (χ0) is 31.3. The van der Waals surface area contributed by atoms with Gasteiger partial charge in [0.25, 0.3) is 0 Å². The fourth-order valence-electron chi connectivity index (χ4n) is 4.87. The van der Waals surface area contributed by atoms with Crippen LogP contribution in [-0.4, -0.2) is 36.2 Å². The van der Waals surface area contributed by atoms with Crippen LogP contribution in [0.1, 0.15) is 47.8 Å². The number of anilines is 2. The summed E-state index contributed by atoms with van der Waals surface area (Å²) in [5.41, 5.74) is 8.49. The minimum atomic E-state index is -4.76. The first-order valence-electron chi connectivity index (χ1n) is 14.0. The van der Waals surface area contributed by atoms with Crippen LogP contribution in [0, 0.1) is 18.3 Å². The van der Waals surface area contributed by atoms with Gasteiger partial charge in [-0.25, -0.2) is 9.79 Å². The van der Waals surface area contributed by atoms with Crippen LogP contribution in [0.2, 0.25) is 0 Å². The molecule has 0 aromatic heterocycles. The standard InChI is InChI=1S/C31H30F3N7O2S/c1-3-4-22-6-5-20(2)17-27(22)40-15-16-44-30(40)38-29(42)37-26(18-35)21-7-9-23(10-8-21)28-36-19-41(39-28)24-11-13-25(14-12-24)43-31(32,33)34/h5-14,17,19,26,28,39H,3-4,15-16H2,1-2H3,(H,37,42)/b38-30-. The van der Waals surface area contributed by atoms with Crippen molar-refractivity contribution < 1.29 is 22.7 Å². The van der Waals surface area contributed by atoms with E-state index >= 15 is 0 Å². The molecule has 2 heterocycles. The molecular formula is C31H30F3N7O2S. The van der Waals surface area contributed by atoms with Gasteiger partial charge in [0.15, 0.2) is 5.17 Å². The largest absolute Gasteiger partial charge is 0.573 e. The molecule has 9 nitrogen and oxygen atoms in total. The highest BCUT2D eigenvalue weighted by atomic mass is 32.2. The fourth-order valence-corrected chi connectivity index (χ4v) is 5.82. The highest BCUT2D eigenvalue weighted by molar-refractivity contribution is 8.14. The summed E-state index contributed by atoms with van der Waals surface area (Å²) in [5, 5.41) is 14.7. The van der Waals surface area contributed by atoms with Crippen molar-refractivity contribution in [1.82, 2.24) is 10.7 Å². The molecule has 0 radical (unpaired) electrons. The number of nitrogens with zero attached hydrogens (tertiary/aromatic N) is 5. The number of aryl methyl sites for hydroxylation is 2. The first-order chi connectivity index (χ1) is 21.1. The summed E-state index contributed by atoms with van der Waals surface area (Å²) in [6.07, 6.45) is -1.75. The number of amides is 2. The lowest BCUT2D eigenvalue weighted by atomic mass is 10.0. The monoisotopic (exact) mass is 621 g/mol. The molecule has 3 aromatic rings. The quantitative estimate of drug-likeness (QED) is 0.286. The molecule has 2 atom stereocenters. The number of nitrogens with one attached hydrogen (secondary N) is 2. The van der Waals surface area contributed by atoms with E-state index in [0.717, 1.165) is 42.0 Å². The van der Waals surface area contributed by atoms with Gasteiger partial charge in [0, 0.05) is 18.0 Å². The van der Waals surface area contributed by atoms with Gasteiger partial charge in [-0.15, -0.1) is 13.2 Å². The zero-order valence-corrected chi connectivity index (χ0v) is 24.8. The van der Waals surface area contributed by atoms with Crippen LogP contribution in [0.15, 0.2) is 76.7 Å². The Kier molecular flexibility index (Phi) is 9.41. The molecule has 2 unspecified atom stereocenters. The first-order valence-corrected chi connectivity index (χ1v) is 14.9. The van der Waals surface area contributed by atoms with Gasteiger partial charge in [-0.05, 0) is 65.9 Å². The van der Waals surface area contributed by atoms with Gasteiger partial charge in [0.1, 0.15) is 24.3 Å². The van der Waals surface area contributed by atoms with Gasteiger partial charge in [-0.1, -0.05) is 61.5 Å². The maximum atomic E-state index is 12.9. The van der Waals surface area contributed by atoms with Crippen LogP contribution in [0.25, 0.3) is 0 Å².